The highest BCUT2D eigenvalue weighted by Gasteiger charge is 2.15. The van der Waals surface area contributed by atoms with E-state index in [4.69, 9.17) is 0 Å². The van der Waals surface area contributed by atoms with Gasteiger partial charge in [-0.1, -0.05) is 25.1 Å². The predicted molar refractivity (Wildman–Crippen MR) is 72.9 cm³/mol. The van der Waals surface area contributed by atoms with Crippen LogP contribution in [0.4, 0.5) is 0 Å². The van der Waals surface area contributed by atoms with Crippen LogP contribution >= 0.6 is 0 Å². The number of fused-ring (bicyclic) bond motifs is 1. The molecule has 0 unspecified atom stereocenters. The van der Waals surface area contributed by atoms with Crippen molar-refractivity contribution in [3.05, 3.63) is 30.0 Å². The molecular weight excluding hydrogens is 226 g/mol. The SMILES string of the molecule is CCC(=O)c1nn(CCN(C)C)c2ccccc12. The Morgan fingerprint density at radius 1 is 1.33 bits per heavy atom. The van der Waals surface area contributed by atoms with Crippen LogP contribution in [0.3, 0.4) is 0 Å². The highest BCUT2D eigenvalue weighted by Crippen LogP contribution is 2.19. The van der Waals surface area contributed by atoms with Crippen molar-refractivity contribution in [1.29, 1.82) is 0 Å². The molecule has 2 aromatic rings. The van der Waals surface area contributed by atoms with Crippen molar-refractivity contribution in [1.82, 2.24) is 14.7 Å². The lowest BCUT2D eigenvalue weighted by atomic mass is 10.1. The molecule has 0 spiro atoms. The molecule has 18 heavy (non-hydrogen) atoms. The molecule has 1 heterocycles. The van der Waals surface area contributed by atoms with Crippen LogP contribution in [0.2, 0.25) is 0 Å². The van der Waals surface area contributed by atoms with Crippen LogP contribution in [0.5, 0.6) is 0 Å². The first kappa shape index (κ1) is 12.8. The van der Waals surface area contributed by atoms with E-state index in [1.54, 1.807) is 0 Å². The lowest BCUT2D eigenvalue weighted by molar-refractivity contribution is 0.0984. The molecule has 0 bridgehead atoms. The number of likely N-dealkylation sites (N-methyl/N-ethyl adjacent to an activating group) is 1. The molecule has 1 aromatic carbocycles. The van der Waals surface area contributed by atoms with Crippen molar-refractivity contribution in [3.8, 4) is 0 Å². The van der Waals surface area contributed by atoms with E-state index >= 15 is 0 Å². The summed E-state index contributed by atoms with van der Waals surface area (Å²) in [5.74, 6) is 0.106. The maximum absolute atomic E-state index is 11.9. The normalized spacial score (nSPS) is 11.3. The van der Waals surface area contributed by atoms with Gasteiger partial charge in [-0.25, -0.2) is 0 Å². The van der Waals surface area contributed by atoms with Crippen LogP contribution in [0.15, 0.2) is 24.3 Å². The van der Waals surface area contributed by atoms with Gasteiger partial charge >= 0.3 is 0 Å². The van der Waals surface area contributed by atoms with Gasteiger partial charge in [0.15, 0.2) is 5.78 Å². The number of Topliss-reactive ketones (excluding diaryl/α,β-unsaturated/α-hetero) is 1. The van der Waals surface area contributed by atoms with E-state index in [1.807, 2.05) is 50.0 Å². The fourth-order valence-electron chi connectivity index (χ4n) is 1.97. The van der Waals surface area contributed by atoms with E-state index < -0.39 is 0 Å². The first-order valence-corrected chi connectivity index (χ1v) is 6.27. The molecule has 2 rings (SSSR count). The zero-order chi connectivity index (χ0) is 13.1. The molecule has 0 radical (unpaired) electrons. The standard InChI is InChI=1S/C14H19N3O/c1-4-13(18)14-11-7-5-6-8-12(11)17(15-14)10-9-16(2)3/h5-8H,4,9-10H2,1-3H3. The molecule has 96 valence electrons. The Morgan fingerprint density at radius 2 is 2.06 bits per heavy atom. The van der Waals surface area contributed by atoms with E-state index in [1.165, 1.54) is 0 Å². The van der Waals surface area contributed by atoms with Gasteiger partial charge in [0.1, 0.15) is 5.69 Å². The lowest BCUT2D eigenvalue weighted by Gasteiger charge is -2.09. The predicted octanol–water partition coefficient (Wildman–Crippen LogP) is 2.19. The third-order valence-electron chi connectivity index (χ3n) is 3.00. The zero-order valence-corrected chi connectivity index (χ0v) is 11.2. The quantitative estimate of drug-likeness (QED) is 0.758. The lowest BCUT2D eigenvalue weighted by Crippen LogP contribution is -2.19. The Hall–Kier alpha value is -1.68. The number of rotatable bonds is 5. The largest absolute Gasteiger partial charge is 0.308 e. The van der Waals surface area contributed by atoms with Crippen molar-refractivity contribution in [2.75, 3.05) is 20.6 Å². The van der Waals surface area contributed by atoms with Gasteiger partial charge < -0.3 is 4.90 Å². The third kappa shape index (κ3) is 2.43. The monoisotopic (exact) mass is 245 g/mol. The molecule has 0 saturated carbocycles. The topological polar surface area (TPSA) is 38.1 Å². The molecule has 0 aliphatic heterocycles. The highest BCUT2D eigenvalue weighted by atomic mass is 16.1. The Kier molecular flexibility index (Phi) is 3.77. The zero-order valence-electron chi connectivity index (χ0n) is 11.2. The summed E-state index contributed by atoms with van der Waals surface area (Å²) >= 11 is 0. The summed E-state index contributed by atoms with van der Waals surface area (Å²) in [5, 5.41) is 5.43. The summed E-state index contributed by atoms with van der Waals surface area (Å²) in [7, 11) is 4.06. The summed E-state index contributed by atoms with van der Waals surface area (Å²) in [4.78, 5) is 14.0. The Balaban J connectivity index is 2.44. The van der Waals surface area contributed by atoms with Crippen molar-refractivity contribution in [2.24, 2.45) is 0 Å². The summed E-state index contributed by atoms with van der Waals surface area (Å²) in [6.07, 6.45) is 0.495. The van der Waals surface area contributed by atoms with Gasteiger partial charge in [0.05, 0.1) is 12.1 Å². The van der Waals surface area contributed by atoms with Gasteiger partial charge in [-0.05, 0) is 20.2 Å². The van der Waals surface area contributed by atoms with Crippen molar-refractivity contribution >= 4 is 16.7 Å². The van der Waals surface area contributed by atoms with Crippen LogP contribution in [0.25, 0.3) is 10.9 Å². The van der Waals surface area contributed by atoms with Crippen molar-refractivity contribution in [3.63, 3.8) is 0 Å². The van der Waals surface area contributed by atoms with Gasteiger partial charge in [0, 0.05) is 18.4 Å². The Bertz CT molecular complexity index is 557. The number of hydrogen-bond acceptors (Lipinski definition) is 3. The summed E-state index contributed by atoms with van der Waals surface area (Å²) in [6.45, 7) is 3.58. The summed E-state index contributed by atoms with van der Waals surface area (Å²) < 4.78 is 1.93. The number of para-hydroxylation sites is 1. The van der Waals surface area contributed by atoms with E-state index in [9.17, 15) is 4.79 Å². The smallest absolute Gasteiger partial charge is 0.183 e. The molecule has 0 aliphatic carbocycles. The molecule has 0 saturated heterocycles. The second-order valence-corrected chi connectivity index (χ2v) is 4.67. The van der Waals surface area contributed by atoms with Gasteiger partial charge in [0.2, 0.25) is 0 Å². The number of nitrogens with zero attached hydrogens (tertiary/aromatic N) is 3. The van der Waals surface area contributed by atoms with Crippen molar-refractivity contribution in [2.45, 2.75) is 19.9 Å². The molecule has 0 aliphatic rings. The average Bonchev–Trinajstić information content (AvgIpc) is 2.74. The van der Waals surface area contributed by atoms with E-state index in [0.717, 1.165) is 24.0 Å². The number of carbonyl (C=O) groups is 1. The summed E-state index contributed by atoms with van der Waals surface area (Å²) in [6, 6.07) is 7.92. The van der Waals surface area contributed by atoms with Gasteiger partial charge in [-0.15, -0.1) is 0 Å². The van der Waals surface area contributed by atoms with Crippen LogP contribution in [0.1, 0.15) is 23.8 Å². The minimum atomic E-state index is 0.106. The molecular formula is C14H19N3O. The summed E-state index contributed by atoms with van der Waals surface area (Å²) in [5.41, 5.74) is 1.64. The van der Waals surface area contributed by atoms with E-state index in [2.05, 4.69) is 10.00 Å². The minimum absolute atomic E-state index is 0.106. The molecule has 4 nitrogen and oxygen atoms in total. The number of ketones is 1. The fraction of sp³-hybridized carbons (Fsp3) is 0.429. The van der Waals surface area contributed by atoms with Crippen molar-refractivity contribution < 1.29 is 4.79 Å². The number of benzene rings is 1. The first-order valence-electron chi connectivity index (χ1n) is 6.27. The van der Waals surface area contributed by atoms with Crippen LogP contribution in [-0.2, 0) is 6.54 Å². The second kappa shape index (κ2) is 5.31. The Labute approximate surface area is 107 Å². The molecule has 0 fully saturated rings. The minimum Gasteiger partial charge on any atom is -0.308 e. The maximum Gasteiger partial charge on any atom is 0.183 e. The number of carbonyl (C=O) groups excluding carboxylic acids is 1. The van der Waals surface area contributed by atoms with Gasteiger partial charge in [-0.2, -0.15) is 5.10 Å². The Morgan fingerprint density at radius 3 is 2.72 bits per heavy atom. The molecule has 0 N–H and O–H groups in total. The first-order chi connectivity index (χ1) is 8.63. The fourth-order valence-corrected chi connectivity index (χ4v) is 1.97. The third-order valence-corrected chi connectivity index (χ3v) is 3.00. The van der Waals surface area contributed by atoms with Gasteiger partial charge in [-0.3, -0.25) is 9.48 Å². The maximum atomic E-state index is 11.9. The molecule has 0 amide bonds. The number of hydrogen-bond donors (Lipinski definition) is 0. The highest BCUT2D eigenvalue weighted by molar-refractivity contribution is 6.05. The van der Waals surface area contributed by atoms with E-state index in [-0.39, 0.29) is 5.78 Å². The van der Waals surface area contributed by atoms with Crippen LogP contribution in [0, 0.1) is 0 Å². The average molecular weight is 245 g/mol. The molecule has 0 atom stereocenters. The molecule has 1 aromatic heterocycles. The van der Waals surface area contributed by atoms with E-state index in [0.29, 0.717) is 12.1 Å². The van der Waals surface area contributed by atoms with Crippen LogP contribution in [-0.4, -0.2) is 41.1 Å². The van der Waals surface area contributed by atoms with Crippen LogP contribution < -0.4 is 0 Å². The second-order valence-electron chi connectivity index (χ2n) is 4.67. The number of aromatic nitrogens is 2. The molecule has 4 heteroatoms. The van der Waals surface area contributed by atoms with Gasteiger partial charge in [0.25, 0.3) is 0 Å².